The van der Waals surface area contributed by atoms with Gasteiger partial charge >= 0.3 is 6.03 Å². The number of oxazole rings is 1. The topological polar surface area (TPSA) is 101 Å². The van der Waals surface area contributed by atoms with Crippen LogP contribution in [0.1, 0.15) is 31.6 Å². The Morgan fingerprint density at radius 1 is 1.43 bits per heavy atom. The van der Waals surface area contributed by atoms with E-state index in [9.17, 15) is 9.59 Å². The smallest absolute Gasteiger partial charge is 0.318 e. The zero-order valence-electron chi connectivity index (χ0n) is 13.0. The van der Waals surface area contributed by atoms with E-state index in [0.717, 1.165) is 30.5 Å². The fourth-order valence-electron chi connectivity index (χ4n) is 3.02. The van der Waals surface area contributed by atoms with Gasteiger partial charge in [-0.2, -0.15) is 0 Å². The molecule has 3 N–H and O–H groups in total. The fourth-order valence-corrected chi connectivity index (χ4v) is 3.02. The van der Waals surface area contributed by atoms with Crippen LogP contribution >= 0.6 is 0 Å². The van der Waals surface area contributed by atoms with Gasteiger partial charge in [0.1, 0.15) is 5.52 Å². The molecule has 0 aliphatic carbocycles. The quantitative estimate of drug-likeness (QED) is 0.895. The second kappa shape index (κ2) is 6.37. The summed E-state index contributed by atoms with van der Waals surface area (Å²) in [6.45, 7) is 3.23. The van der Waals surface area contributed by atoms with Crippen molar-refractivity contribution < 1.29 is 14.0 Å². The van der Waals surface area contributed by atoms with Gasteiger partial charge in [-0.3, -0.25) is 15.0 Å². The second-order valence-electron chi connectivity index (χ2n) is 5.88. The minimum absolute atomic E-state index is 0.139. The molecule has 3 amide bonds. The Labute approximate surface area is 133 Å². The van der Waals surface area contributed by atoms with Crippen molar-refractivity contribution >= 4 is 23.0 Å². The molecular weight excluding hydrogens is 296 g/mol. The molecule has 2 atom stereocenters. The van der Waals surface area contributed by atoms with Crippen molar-refractivity contribution in [1.29, 1.82) is 0 Å². The number of nitrogens with two attached hydrogens (primary N) is 1. The first-order valence-corrected chi connectivity index (χ1v) is 7.74. The molecule has 1 aromatic carbocycles. The van der Waals surface area contributed by atoms with E-state index in [4.69, 9.17) is 10.2 Å². The molecular formula is C16H20N4O3. The fraction of sp³-hybridized carbons (Fsp3) is 0.438. The van der Waals surface area contributed by atoms with Gasteiger partial charge in [0.05, 0.1) is 6.04 Å². The molecule has 3 rings (SSSR count). The van der Waals surface area contributed by atoms with Crippen LogP contribution < -0.4 is 11.1 Å². The number of piperidine rings is 1. The maximum atomic E-state index is 11.9. The molecule has 0 spiro atoms. The van der Waals surface area contributed by atoms with Gasteiger partial charge in [-0.25, -0.2) is 9.78 Å². The Balaban J connectivity index is 1.72. The van der Waals surface area contributed by atoms with E-state index in [2.05, 4.69) is 10.3 Å². The lowest BCUT2D eigenvalue weighted by Gasteiger charge is -2.34. The number of amides is 3. The van der Waals surface area contributed by atoms with Gasteiger partial charge in [-0.1, -0.05) is 12.1 Å². The maximum Gasteiger partial charge on any atom is 0.318 e. The SMILES string of the molecule is C[C@@H](C(=O)NC(N)=O)N1CCC[C@H](c2nc3ccccc3o2)C1. The van der Waals surface area contributed by atoms with Crippen LogP contribution in [0.25, 0.3) is 11.1 Å². The van der Waals surface area contributed by atoms with Crippen LogP contribution in [0.4, 0.5) is 4.79 Å². The molecule has 122 valence electrons. The van der Waals surface area contributed by atoms with Gasteiger partial charge in [0.25, 0.3) is 0 Å². The van der Waals surface area contributed by atoms with Crippen molar-refractivity contribution in [2.75, 3.05) is 13.1 Å². The average Bonchev–Trinajstić information content (AvgIpc) is 2.97. The summed E-state index contributed by atoms with van der Waals surface area (Å²) < 4.78 is 5.85. The van der Waals surface area contributed by atoms with Crippen molar-refractivity contribution in [3.63, 3.8) is 0 Å². The minimum Gasteiger partial charge on any atom is -0.440 e. The Kier molecular flexibility index (Phi) is 4.29. The third kappa shape index (κ3) is 3.34. The predicted octanol–water partition coefficient (Wildman–Crippen LogP) is 1.59. The summed E-state index contributed by atoms with van der Waals surface area (Å²) in [6.07, 6.45) is 1.91. The Morgan fingerprint density at radius 2 is 2.22 bits per heavy atom. The Hall–Kier alpha value is -2.41. The van der Waals surface area contributed by atoms with Crippen molar-refractivity contribution in [1.82, 2.24) is 15.2 Å². The molecule has 0 radical (unpaired) electrons. The van der Waals surface area contributed by atoms with E-state index in [1.165, 1.54) is 0 Å². The van der Waals surface area contributed by atoms with Crippen LogP contribution in [0.15, 0.2) is 28.7 Å². The summed E-state index contributed by atoms with van der Waals surface area (Å²) in [5.41, 5.74) is 6.63. The number of hydrogen-bond acceptors (Lipinski definition) is 5. The molecule has 7 nitrogen and oxygen atoms in total. The first-order valence-electron chi connectivity index (χ1n) is 7.74. The number of imide groups is 1. The number of carbonyl (C=O) groups excluding carboxylic acids is 2. The number of likely N-dealkylation sites (tertiary alicyclic amines) is 1. The number of benzene rings is 1. The number of nitrogens with one attached hydrogen (secondary N) is 1. The largest absolute Gasteiger partial charge is 0.440 e. The first kappa shape index (κ1) is 15.5. The highest BCUT2D eigenvalue weighted by atomic mass is 16.3. The van der Waals surface area contributed by atoms with Crippen LogP contribution in [0.2, 0.25) is 0 Å². The van der Waals surface area contributed by atoms with Gasteiger partial charge in [0, 0.05) is 12.5 Å². The lowest BCUT2D eigenvalue weighted by molar-refractivity contribution is -0.125. The monoisotopic (exact) mass is 316 g/mol. The van der Waals surface area contributed by atoms with Crippen molar-refractivity contribution in [2.24, 2.45) is 5.73 Å². The average molecular weight is 316 g/mol. The third-order valence-electron chi connectivity index (χ3n) is 4.29. The molecule has 1 fully saturated rings. The molecule has 0 bridgehead atoms. The van der Waals surface area contributed by atoms with Crippen LogP contribution in [0.3, 0.4) is 0 Å². The van der Waals surface area contributed by atoms with Crippen LogP contribution in [-0.4, -0.2) is 41.0 Å². The standard InChI is InChI=1S/C16H20N4O3/c1-10(14(21)19-16(17)22)20-8-4-5-11(9-20)15-18-12-6-2-3-7-13(12)23-15/h2-3,6-7,10-11H,4-5,8-9H2,1H3,(H3,17,19,21,22)/t10-,11-/m0/s1. The van der Waals surface area contributed by atoms with Gasteiger partial charge in [0.2, 0.25) is 5.91 Å². The molecule has 2 heterocycles. The Bertz CT molecular complexity index is 694. The van der Waals surface area contributed by atoms with Crippen molar-refractivity contribution in [3.05, 3.63) is 30.2 Å². The number of para-hydroxylation sites is 2. The number of rotatable bonds is 3. The van der Waals surface area contributed by atoms with E-state index in [1.54, 1.807) is 6.92 Å². The number of fused-ring (bicyclic) bond motifs is 1. The molecule has 7 heteroatoms. The second-order valence-corrected chi connectivity index (χ2v) is 5.88. The lowest BCUT2D eigenvalue weighted by atomic mass is 9.96. The highest BCUT2D eigenvalue weighted by Gasteiger charge is 2.30. The molecule has 1 aliphatic heterocycles. The lowest BCUT2D eigenvalue weighted by Crippen LogP contribution is -2.50. The highest BCUT2D eigenvalue weighted by Crippen LogP contribution is 2.29. The van der Waals surface area contributed by atoms with Crippen LogP contribution in [-0.2, 0) is 4.79 Å². The van der Waals surface area contributed by atoms with Crippen LogP contribution in [0.5, 0.6) is 0 Å². The zero-order chi connectivity index (χ0) is 16.4. The zero-order valence-corrected chi connectivity index (χ0v) is 13.0. The summed E-state index contributed by atoms with van der Waals surface area (Å²) in [5.74, 6) is 0.467. The first-order chi connectivity index (χ1) is 11.0. The number of aromatic nitrogens is 1. The molecule has 1 aliphatic rings. The number of urea groups is 1. The number of nitrogens with zero attached hydrogens (tertiary/aromatic N) is 2. The summed E-state index contributed by atoms with van der Waals surface area (Å²) in [4.78, 5) is 29.4. The van der Waals surface area contributed by atoms with Gasteiger partial charge in [0.15, 0.2) is 11.5 Å². The molecule has 1 saturated heterocycles. The number of hydrogen-bond donors (Lipinski definition) is 2. The predicted molar refractivity (Wildman–Crippen MR) is 84.7 cm³/mol. The summed E-state index contributed by atoms with van der Waals surface area (Å²) in [7, 11) is 0. The number of primary amides is 1. The number of carbonyl (C=O) groups is 2. The van der Waals surface area contributed by atoms with Crippen molar-refractivity contribution in [2.45, 2.75) is 31.7 Å². The van der Waals surface area contributed by atoms with Gasteiger partial charge in [-0.05, 0) is 38.4 Å². The Morgan fingerprint density at radius 3 is 2.96 bits per heavy atom. The highest BCUT2D eigenvalue weighted by molar-refractivity contribution is 5.96. The molecule has 23 heavy (non-hydrogen) atoms. The van der Waals surface area contributed by atoms with E-state index >= 15 is 0 Å². The summed E-state index contributed by atoms with van der Waals surface area (Å²) >= 11 is 0. The molecule has 0 saturated carbocycles. The minimum atomic E-state index is -0.825. The van der Waals surface area contributed by atoms with Crippen molar-refractivity contribution in [3.8, 4) is 0 Å². The third-order valence-corrected chi connectivity index (χ3v) is 4.29. The maximum absolute atomic E-state index is 11.9. The molecule has 1 aromatic heterocycles. The molecule has 0 unspecified atom stereocenters. The van der Waals surface area contributed by atoms with E-state index in [1.807, 2.05) is 29.2 Å². The summed E-state index contributed by atoms with van der Waals surface area (Å²) in [6, 6.07) is 6.42. The van der Waals surface area contributed by atoms with Gasteiger partial charge < -0.3 is 10.2 Å². The van der Waals surface area contributed by atoms with E-state index in [-0.39, 0.29) is 11.8 Å². The van der Waals surface area contributed by atoms with E-state index < -0.39 is 12.1 Å². The van der Waals surface area contributed by atoms with E-state index in [0.29, 0.717) is 12.4 Å². The summed E-state index contributed by atoms with van der Waals surface area (Å²) in [5, 5.41) is 2.14. The van der Waals surface area contributed by atoms with Crippen LogP contribution in [0, 0.1) is 0 Å². The van der Waals surface area contributed by atoms with Gasteiger partial charge in [-0.15, -0.1) is 0 Å². The molecule has 2 aromatic rings. The normalized spacial score (nSPS) is 20.3.